The Bertz CT molecular complexity index is 496. The van der Waals surface area contributed by atoms with Crippen LogP contribution < -0.4 is 0 Å². The van der Waals surface area contributed by atoms with E-state index in [4.69, 9.17) is 18.6 Å². The molecular formula is C19H32O5Si. The van der Waals surface area contributed by atoms with E-state index in [-0.39, 0.29) is 17.6 Å². The molecule has 0 atom stereocenters. The maximum absolute atomic E-state index is 11.7. The minimum Gasteiger partial charge on any atom is -0.460 e. The van der Waals surface area contributed by atoms with E-state index in [2.05, 4.69) is 33.9 Å². The van der Waals surface area contributed by atoms with Gasteiger partial charge in [0.25, 0.3) is 0 Å². The number of carbonyl (C=O) groups excluding carboxylic acids is 1. The smallest absolute Gasteiger partial charge is 0.338 e. The van der Waals surface area contributed by atoms with Gasteiger partial charge in [-0.25, -0.2) is 4.79 Å². The molecule has 0 fully saturated rings. The summed E-state index contributed by atoms with van der Waals surface area (Å²) in [5.74, 6) is -0.330. The SMILES string of the molecule is CC(C)(C)[Si](C)(C)OCCOCCOCCOC(=O)c1ccccc1. The molecule has 0 aliphatic rings. The van der Waals surface area contributed by atoms with Gasteiger partial charge >= 0.3 is 5.97 Å². The van der Waals surface area contributed by atoms with Gasteiger partial charge in [-0.05, 0) is 30.3 Å². The van der Waals surface area contributed by atoms with Gasteiger partial charge in [0, 0.05) is 0 Å². The van der Waals surface area contributed by atoms with Crippen molar-refractivity contribution in [2.45, 2.75) is 38.9 Å². The zero-order chi connectivity index (χ0) is 18.8. The topological polar surface area (TPSA) is 54.0 Å². The number of carbonyl (C=O) groups is 1. The fraction of sp³-hybridized carbons (Fsp3) is 0.632. The molecule has 0 radical (unpaired) electrons. The van der Waals surface area contributed by atoms with E-state index in [0.717, 1.165) is 0 Å². The van der Waals surface area contributed by atoms with Crippen molar-refractivity contribution < 1.29 is 23.4 Å². The normalized spacial score (nSPS) is 12.2. The summed E-state index contributed by atoms with van der Waals surface area (Å²) in [4.78, 5) is 11.7. The molecule has 0 aliphatic heterocycles. The maximum atomic E-state index is 11.7. The quantitative estimate of drug-likeness (QED) is 0.337. The Hall–Kier alpha value is -1.21. The zero-order valence-corrected chi connectivity index (χ0v) is 17.2. The molecule has 0 spiro atoms. The molecule has 0 aromatic heterocycles. The number of hydrogen-bond acceptors (Lipinski definition) is 5. The third-order valence-electron chi connectivity index (χ3n) is 4.34. The molecule has 1 aromatic carbocycles. The van der Waals surface area contributed by atoms with Crippen LogP contribution in [0.4, 0.5) is 0 Å². The van der Waals surface area contributed by atoms with Crippen LogP contribution in [0.15, 0.2) is 30.3 Å². The maximum Gasteiger partial charge on any atom is 0.338 e. The van der Waals surface area contributed by atoms with Crippen LogP contribution in [0.1, 0.15) is 31.1 Å². The van der Waals surface area contributed by atoms with Crippen molar-refractivity contribution in [1.29, 1.82) is 0 Å². The predicted octanol–water partition coefficient (Wildman–Crippen LogP) is 3.90. The Kier molecular flexibility index (Phi) is 9.35. The Balaban J connectivity index is 1.97. The standard InChI is InChI=1S/C19H32O5Si/c1-19(2,3)25(4,5)24-16-14-22-12-11-21-13-15-23-18(20)17-9-7-6-8-10-17/h6-10H,11-16H2,1-5H3. The van der Waals surface area contributed by atoms with Gasteiger partial charge in [0.15, 0.2) is 8.32 Å². The van der Waals surface area contributed by atoms with Gasteiger partial charge in [0.05, 0.1) is 38.6 Å². The molecule has 142 valence electrons. The van der Waals surface area contributed by atoms with Crippen molar-refractivity contribution in [2.75, 3.05) is 39.6 Å². The summed E-state index contributed by atoms with van der Waals surface area (Å²) < 4.78 is 22.0. The van der Waals surface area contributed by atoms with Gasteiger partial charge in [-0.1, -0.05) is 39.0 Å². The van der Waals surface area contributed by atoms with E-state index in [1.54, 1.807) is 24.3 Å². The lowest BCUT2D eigenvalue weighted by Gasteiger charge is -2.36. The highest BCUT2D eigenvalue weighted by Crippen LogP contribution is 2.36. The second-order valence-corrected chi connectivity index (χ2v) is 12.1. The van der Waals surface area contributed by atoms with E-state index in [1.807, 2.05) is 6.07 Å². The molecule has 1 aromatic rings. The monoisotopic (exact) mass is 368 g/mol. The van der Waals surface area contributed by atoms with Crippen LogP contribution in [0.2, 0.25) is 18.1 Å². The molecule has 0 N–H and O–H groups in total. The second-order valence-electron chi connectivity index (χ2n) is 7.34. The van der Waals surface area contributed by atoms with Crippen LogP contribution >= 0.6 is 0 Å². The minimum absolute atomic E-state index is 0.216. The van der Waals surface area contributed by atoms with E-state index >= 15 is 0 Å². The van der Waals surface area contributed by atoms with Crippen LogP contribution in [0.5, 0.6) is 0 Å². The molecule has 0 aliphatic carbocycles. The average Bonchev–Trinajstić information content (AvgIpc) is 2.56. The molecule has 5 nitrogen and oxygen atoms in total. The number of hydrogen-bond donors (Lipinski definition) is 0. The van der Waals surface area contributed by atoms with Gasteiger partial charge < -0.3 is 18.6 Å². The number of rotatable bonds is 11. The fourth-order valence-electron chi connectivity index (χ4n) is 1.75. The highest BCUT2D eigenvalue weighted by molar-refractivity contribution is 6.74. The lowest BCUT2D eigenvalue weighted by molar-refractivity contribution is 0.00989. The first-order chi connectivity index (χ1) is 11.7. The first-order valence-corrected chi connectivity index (χ1v) is 11.7. The highest BCUT2D eigenvalue weighted by atomic mass is 28.4. The minimum atomic E-state index is -1.69. The lowest BCUT2D eigenvalue weighted by atomic mass is 10.2. The van der Waals surface area contributed by atoms with Gasteiger partial charge in [-0.2, -0.15) is 0 Å². The molecule has 0 amide bonds. The summed E-state index contributed by atoms with van der Waals surface area (Å²) in [6.07, 6.45) is 0. The van der Waals surface area contributed by atoms with E-state index in [0.29, 0.717) is 38.6 Å². The molecule has 1 rings (SSSR count). The molecule has 25 heavy (non-hydrogen) atoms. The average molecular weight is 369 g/mol. The lowest BCUT2D eigenvalue weighted by Crippen LogP contribution is -2.41. The molecule has 0 heterocycles. The molecule has 0 bridgehead atoms. The van der Waals surface area contributed by atoms with Crippen LogP contribution in [0, 0.1) is 0 Å². The third-order valence-corrected chi connectivity index (χ3v) is 8.88. The van der Waals surface area contributed by atoms with E-state index < -0.39 is 8.32 Å². The Labute approximate surface area is 152 Å². The van der Waals surface area contributed by atoms with Crippen molar-refractivity contribution in [2.24, 2.45) is 0 Å². The van der Waals surface area contributed by atoms with Gasteiger partial charge in [0.2, 0.25) is 0 Å². The zero-order valence-electron chi connectivity index (χ0n) is 16.2. The molecule has 0 saturated carbocycles. The predicted molar refractivity (Wildman–Crippen MR) is 102 cm³/mol. The summed E-state index contributed by atoms with van der Waals surface area (Å²) in [7, 11) is -1.69. The largest absolute Gasteiger partial charge is 0.460 e. The fourth-order valence-corrected chi connectivity index (χ4v) is 2.77. The Morgan fingerprint density at radius 3 is 1.96 bits per heavy atom. The van der Waals surface area contributed by atoms with Crippen LogP contribution in [-0.4, -0.2) is 53.9 Å². The molecule has 0 saturated heterocycles. The molecular weight excluding hydrogens is 336 g/mol. The van der Waals surface area contributed by atoms with Crippen LogP contribution in [0.3, 0.4) is 0 Å². The van der Waals surface area contributed by atoms with Crippen molar-refractivity contribution in [3.05, 3.63) is 35.9 Å². The second kappa shape index (κ2) is 10.7. The van der Waals surface area contributed by atoms with Crippen molar-refractivity contribution >= 4 is 14.3 Å². The summed E-state index contributed by atoms with van der Waals surface area (Å²) >= 11 is 0. The van der Waals surface area contributed by atoms with Crippen molar-refractivity contribution in [3.8, 4) is 0 Å². The van der Waals surface area contributed by atoms with Crippen LogP contribution in [0.25, 0.3) is 0 Å². The summed E-state index contributed by atoms with van der Waals surface area (Å²) in [6, 6.07) is 8.92. The highest BCUT2D eigenvalue weighted by Gasteiger charge is 2.36. The first kappa shape index (κ1) is 21.8. The summed E-state index contributed by atoms with van der Waals surface area (Å²) in [5, 5.41) is 0.216. The third kappa shape index (κ3) is 8.63. The van der Waals surface area contributed by atoms with Crippen molar-refractivity contribution in [3.63, 3.8) is 0 Å². The molecule has 6 heteroatoms. The number of esters is 1. The molecule has 0 unspecified atom stereocenters. The van der Waals surface area contributed by atoms with Crippen LogP contribution in [-0.2, 0) is 18.6 Å². The van der Waals surface area contributed by atoms with Gasteiger partial charge in [-0.15, -0.1) is 0 Å². The Morgan fingerprint density at radius 1 is 0.880 bits per heavy atom. The number of ether oxygens (including phenoxy) is 3. The first-order valence-electron chi connectivity index (χ1n) is 8.76. The Morgan fingerprint density at radius 2 is 1.40 bits per heavy atom. The summed E-state index contributed by atoms with van der Waals surface area (Å²) in [5.41, 5.74) is 0.549. The van der Waals surface area contributed by atoms with Gasteiger partial charge in [-0.3, -0.25) is 0 Å². The van der Waals surface area contributed by atoms with E-state index in [9.17, 15) is 4.79 Å². The summed E-state index contributed by atoms with van der Waals surface area (Å²) in [6.45, 7) is 13.9. The van der Waals surface area contributed by atoms with Gasteiger partial charge in [0.1, 0.15) is 6.61 Å². The van der Waals surface area contributed by atoms with Crippen molar-refractivity contribution in [1.82, 2.24) is 0 Å². The number of benzene rings is 1. The van der Waals surface area contributed by atoms with E-state index in [1.165, 1.54) is 0 Å².